The SMILES string of the molecule is COC(=O)C(NC(=O)NC(Cc1cccc(F)c1)C(=O)N[C@H]1CCCCNC(=O)C=C[C@H](Cc2cccc(F)c2)NC1=O)C(C)C. The van der Waals surface area contributed by atoms with Crippen LogP contribution >= 0.6 is 0 Å². The highest BCUT2D eigenvalue weighted by Crippen LogP contribution is 2.12. The smallest absolute Gasteiger partial charge is 0.328 e. The fraction of sp³-hybridized carbons (Fsp3) is 0.424. The number of ether oxygens (including phenoxy) is 1. The third kappa shape index (κ3) is 11.6. The molecule has 1 heterocycles. The molecule has 0 spiro atoms. The molecular formula is C33H41F2N5O6. The topological polar surface area (TPSA) is 155 Å². The van der Waals surface area contributed by atoms with Gasteiger partial charge in [-0.2, -0.15) is 0 Å². The Labute approximate surface area is 266 Å². The summed E-state index contributed by atoms with van der Waals surface area (Å²) in [5, 5.41) is 13.4. The van der Waals surface area contributed by atoms with Gasteiger partial charge in [0.25, 0.3) is 0 Å². The van der Waals surface area contributed by atoms with Gasteiger partial charge in [0.2, 0.25) is 17.7 Å². The molecule has 0 saturated heterocycles. The molecule has 5 amide bonds. The second-order valence-corrected chi connectivity index (χ2v) is 11.4. The lowest BCUT2D eigenvalue weighted by Crippen LogP contribution is -2.58. The number of urea groups is 1. The van der Waals surface area contributed by atoms with Gasteiger partial charge in [0.1, 0.15) is 29.8 Å². The van der Waals surface area contributed by atoms with Crippen LogP contribution in [0.5, 0.6) is 0 Å². The van der Waals surface area contributed by atoms with E-state index < -0.39 is 59.6 Å². The summed E-state index contributed by atoms with van der Waals surface area (Å²) in [7, 11) is 1.19. The monoisotopic (exact) mass is 641 g/mol. The number of esters is 1. The number of methoxy groups -OCH3 is 1. The van der Waals surface area contributed by atoms with Crippen molar-refractivity contribution in [2.45, 2.75) is 70.1 Å². The number of benzene rings is 2. The lowest BCUT2D eigenvalue weighted by Gasteiger charge is -2.26. The molecule has 0 fully saturated rings. The van der Waals surface area contributed by atoms with Crippen molar-refractivity contribution < 1.29 is 37.5 Å². The van der Waals surface area contributed by atoms with Gasteiger partial charge in [-0.3, -0.25) is 14.4 Å². The summed E-state index contributed by atoms with van der Waals surface area (Å²) >= 11 is 0. The van der Waals surface area contributed by atoms with Gasteiger partial charge in [-0.25, -0.2) is 18.4 Å². The third-order valence-electron chi connectivity index (χ3n) is 7.36. The Kier molecular flexibility index (Phi) is 13.7. The first kappa shape index (κ1) is 35.7. The minimum absolute atomic E-state index is 0.118. The van der Waals surface area contributed by atoms with E-state index in [9.17, 15) is 32.8 Å². The molecule has 2 aromatic carbocycles. The predicted octanol–water partition coefficient (Wildman–Crippen LogP) is 2.44. The van der Waals surface area contributed by atoms with Crippen LogP contribution in [0.4, 0.5) is 13.6 Å². The maximum Gasteiger partial charge on any atom is 0.328 e. The van der Waals surface area contributed by atoms with Crippen molar-refractivity contribution in [1.82, 2.24) is 26.6 Å². The van der Waals surface area contributed by atoms with Gasteiger partial charge in [-0.15, -0.1) is 0 Å². The molecule has 0 radical (unpaired) electrons. The average molecular weight is 642 g/mol. The Bertz CT molecular complexity index is 1420. The van der Waals surface area contributed by atoms with Crippen LogP contribution in [0.2, 0.25) is 0 Å². The van der Waals surface area contributed by atoms with E-state index in [-0.39, 0.29) is 31.1 Å². The van der Waals surface area contributed by atoms with Crippen molar-refractivity contribution in [3.8, 4) is 0 Å². The molecular weight excluding hydrogens is 600 g/mol. The first-order chi connectivity index (χ1) is 21.9. The molecule has 0 bridgehead atoms. The summed E-state index contributed by atoms with van der Waals surface area (Å²) < 4.78 is 32.6. The van der Waals surface area contributed by atoms with Crippen LogP contribution < -0.4 is 26.6 Å². The Balaban J connectivity index is 1.83. The first-order valence-electron chi connectivity index (χ1n) is 15.2. The van der Waals surface area contributed by atoms with Crippen molar-refractivity contribution in [3.05, 3.63) is 83.4 Å². The zero-order valence-corrected chi connectivity index (χ0v) is 26.1. The van der Waals surface area contributed by atoms with E-state index in [4.69, 9.17) is 4.74 Å². The summed E-state index contributed by atoms with van der Waals surface area (Å²) in [6, 6.07) is 6.55. The van der Waals surface area contributed by atoms with Gasteiger partial charge >= 0.3 is 12.0 Å². The highest BCUT2D eigenvalue weighted by atomic mass is 19.1. The largest absolute Gasteiger partial charge is 0.467 e. The normalized spacial score (nSPS) is 18.6. The number of carbonyl (C=O) groups is 5. The molecule has 0 aliphatic carbocycles. The van der Waals surface area contributed by atoms with Crippen LogP contribution in [0.3, 0.4) is 0 Å². The fourth-order valence-electron chi connectivity index (χ4n) is 4.93. The maximum atomic E-state index is 14.0. The number of halogens is 2. The van der Waals surface area contributed by atoms with Crippen molar-refractivity contribution in [2.24, 2.45) is 5.92 Å². The van der Waals surface area contributed by atoms with Crippen molar-refractivity contribution in [1.29, 1.82) is 0 Å². The third-order valence-corrected chi connectivity index (χ3v) is 7.36. The number of rotatable bonds is 10. The summed E-state index contributed by atoms with van der Waals surface area (Å²) in [5.41, 5.74) is 0.994. The number of hydrogen-bond donors (Lipinski definition) is 5. The molecule has 0 saturated carbocycles. The Hall–Kier alpha value is -4.81. The van der Waals surface area contributed by atoms with Crippen molar-refractivity contribution in [2.75, 3.05) is 13.7 Å². The van der Waals surface area contributed by atoms with E-state index in [1.165, 1.54) is 55.7 Å². The van der Waals surface area contributed by atoms with E-state index in [1.807, 2.05) is 0 Å². The molecule has 0 aromatic heterocycles. The molecule has 13 heteroatoms. The van der Waals surface area contributed by atoms with Crippen LogP contribution in [0.15, 0.2) is 60.7 Å². The fourth-order valence-corrected chi connectivity index (χ4v) is 4.93. The van der Waals surface area contributed by atoms with Crippen LogP contribution in [-0.2, 0) is 36.8 Å². The van der Waals surface area contributed by atoms with Gasteiger partial charge in [0.05, 0.1) is 13.2 Å². The van der Waals surface area contributed by atoms with E-state index in [0.29, 0.717) is 30.5 Å². The average Bonchev–Trinajstić information content (AvgIpc) is 3.00. The molecule has 2 aromatic rings. The van der Waals surface area contributed by atoms with E-state index >= 15 is 0 Å². The number of nitrogens with one attached hydrogen (secondary N) is 5. The summed E-state index contributed by atoms with van der Waals surface area (Å²) in [4.78, 5) is 64.7. The Morgan fingerprint density at radius 1 is 0.978 bits per heavy atom. The minimum Gasteiger partial charge on any atom is -0.467 e. The highest BCUT2D eigenvalue weighted by Gasteiger charge is 2.30. The Morgan fingerprint density at radius 3 is 2.30 bits per heavy atom. The molecule has 11 nitrogen and oxygen atoms in total. The van der Waals surface area contributed by atoms with Gasteiger partial charge in [0.15, 0.2) is 0 Å². The quantitative estimate of drug-likeness (QED) is 0.251. The molecule has 46 heavy (non-hydrogen) atoms. The second kappa shape index (κ2) is 17.6. The van der Waals surface area contributed by atoms with E-state index in [2.05, 4.69) is 26.6 Å². The first-order valence-corrected chi connectivity index (χ1v) is 15.2. The number of amides is 5. The van der Waals surface area contributed by atoms with E-state index in [0.717, 1.165) is 0 Å². The number of hydrogen-bond acceptors (Lipinski definition) is 6. The summed E-state index contributed by atoms with van der Waals surface area (Å²) in [6.45, 7) is 3.77. The zero-order valence-electron chi connectivity index (χ0n) is 26.1. The zero-order chi connectivity index (χ0) is 33.6. The summed E-state index contributed by atoms with van der Waals surface area (Å²) in [6.07, 6.45) is 4.07. The van der Waals surface area contributed by atoms with Gasteiger partial charge in [0, 0.05) is 19.0 Å². The number of carbonyl (C=O) groups excluding carboxylic acids is 5. The molecule has 5 N–H and O–H groups in total. The van der Waals surface area contributed by atoms with Gasteiger partial charge in [-0.05, 0) is 67.0 Å². The van der Waals surface area contributed by atoms with Gasteiger partial charge in [-0.1, -0.05) is 44.2 Å². The van der Waals surface area contributed by atoms with Crippen LogP contribution in [0.25, 0.3) is 0 Å². The Morgan fingerprint density at radius 2 is 1.65 bits per heavy atom. The van der Waals surface area contributed by atoms with Crippen LogP contribution in [-0.4, -0.2) is 67.5 Å². The predicted molar refractivity (Wildman–Crippen MR) is 166 cm³/mol. The highest BCUT2D eigenvalue weighted by molar-refractivity contribution is 5.93. The second-order valence-electron chi connectivity index (χ2n) is 11.4. The van der Waals surface area contributed by atoms with Crippen molar-refractivity contribution >= 4 is 29.7 Å². The molecule has 3 rings (SSSR count). The van der Waals surface area contributed by atoms with Gasteiger partial charge < -0.3 is 31.3 Å². The standard InChI is InChI=1S/C33H41F2N5O6/c1-20(2)29(32(44)46-3)40-33(45)39-27(19-22-9-7-11-24(35)17-22)31(43)38-26-12-4-5-15-36-28(41)14-13-25(37-30(26)42)18-21-8-6-10-23(34)16-21/h6-11,13-14,16-17,20,25-27,29H,4-5,12,15,18-19H2,1-3H3,(H,36,41)(H,37,42)(H,38,43)(H2,39,40,45)/t25-,26+,27?,29?/m1/s1. The van der Waals surface area contributed by atoms with Crippen molar-refractivity contribution in [3.63, 3.8) is 0 Å². The molecule has 4 atom stereocenters. The molecule has 1 aliphatic rings. The minimum atomic E-state index is -1.26. The molecule has 1 aliphatic heterocycles. The lowest BCUT2D eigenvalue weighted by molar-refractivity contribution is -0.144. The van der Waals surface area contributed by atoms with Crippen LogP contribution in [0, 0.1) is 17.6 Å². The maximum absolute atomic E-state index is 14.0. The molecule has 248 valence electrons. The van der Waals surface area contributed by atoms with E-state index in [1.54, 1.807) is 26.0 Å². The molecule has 2 unspecified atom stereocenters. The lowest BCUT2D eigenvalue weighted by atomic mass is 10.0. The summed E-state index contributed by atoms with van der Waals surface area (Å²) in [5.74, 6) is -3.56. The van der Waals surface area contributed by atoms with Crippen LogP contribution in [0.1, 0.15) is 44.2 Å².